The SMILES string of the molecule is O=C(O)Nc1ccsc1-c1n[nH]c(=O)o1. The quantitative estimate of drug-likeness (QED) is 0.713. The molecule has 0 aromatic carbocycles. The highest BCUT2D eigenvalue weighted by Crippen LogP contribution is 2.31. The van der Waals surface area contributed by atoms with Gasteiger partial charge in [0.2, 0.25) is 0 Å². The molecule has 0 aliphatic rings. The smallest absolute Gasteiger partial charge is 0.434 e. The molecule has 8 heteroatoms. The van der Waals surface area contributed by atoms with Gasteiger partial charge in [-0.3, -0.25) is 5.32 Å². The van der Waals surface area contributed by atoms with E-state index in [1.165, 1.54) is 11.3 Å². The average molecular weight is 227 g/mol. The van der Waals surface area contributed by atoms with E-state index in [0.717, 1.165) is 0 Å². The van der Waals surface area contributed by atoms with E-state index >= 15 is 0 Å². The largest absolute Gasteiger partial charge is 0.465 e. The molecular weight excluding hydrogens is 222 g/mol. The van der Waals surface area contributed by atoms with Gasteiger partial charge in [0.1, 0.15) is 4.88 Å². The zero-order chi connectivity index (χ0) is 10.8. The summed E-state index contributed by atoms with van der Waals surface area (Å²) in [5.41, 5.74) is 0.336. The van der Waals surface area contributed by atoms with Crippen LogP contribution < -0.4 is 11.1 Å². The molecule has 78 valence electrons. The predicted octanol–water partition coefficient (Wildman–Crippen LogP) is 1.18. The molecule has 0 fully saturated rings. The Hall–Kier alpha value is -2.09. The van der Waals surface area contributed by atoms with Gasteiger partial charge in [0.05, 0.1) is 5.69 Å². The van der Waals surface area contributed by atoms with Crippen LogP contribution in [0.1, 0.15) is 0 Å². The van der Waals surface area contributed by atoms with Crippen molar-refractivity contribution in [1.82, 2.24) is 10.2 Å². The molecule has 3 N–H and O–H groups in total. The van der Waals surface area contributed by atoms with Gasteiger partial charge in [-0.15, -0.1) is 16.4 Å². The lowest BCUT2D eigenvalue weighted by Crippen LogP contribution is -2.06. The first kappa shape index (κ1) is 9.46. The number of hydrogen-bond acceptors (Lipinski definition) is 5. The number of aromatic amines is 1. The number of H-pyrrole nitrogens is 1. The number of hydrogen-bond donors (Lipinski definition) is 3. The molecule has 0 radical (unpaired) electrons. The third kappa shape index (κ3) is 1.89. The highest BCUT2D eigenvalue weighted by atomic mass is 32.1. The molecule has 2 heterocycles. The number of aromatic nitrogens is 2. The summed E-state index contributed by atoms with van der Waals surface area (Å²) in [5.74, 6) is -0.613. The lowest BCUT2D eigenvalue weighted by molar-refractivity contribution is 0.210. The number of carbonyl (C=O) groups is 1. The van der Waals surface area contributed by atoms with E-state index in [4.69, 9.17) is 9.52 Å². The Kier molecular flexibility index (Phi) is 2.26. The standard InChI is InChI=1S/C7H5N3O4S/c11-6(12)8-3-1-2-15-4(3)5-9-10-7(13)14-5/h1-2,8H,(H,10,13)(H,11,12). The van der Waals surface area contributed by atoms with Crippen molar-refractivity contribution < 1.29 is 14.3 Å². The summed E-state index contributed by atoms with van der Waals surface area (Å²) in [4.78, 5) is 21.6. The fourth-order valence-electron chi connectivity index (χ4n) is 1.02. The van der Waals surface area contributed by atoms with E-state index in [1.54, 1.807) is 11.4 Å². The normalized spacial score (nSPS) is 10.1. The van der Waals surface area contributed by atoms with Crippen LogP contribution in [0.5, 0.6) is 0 Å². The molecule has 0 atom stereocenters. The molecule has 7 nitrogen and oxygen atoms in total. The Balaban J connectivity index is 2.40. The number of amides is 1. The second kappa shape index (κ2) is 3.58. The number of nitrogens with zero attached hydrogens (tertiary/aromatic N) is 1. The number of nitrogens with one attached hydrogen (secondary N) is 2. The maximum Gasteiger partial charge on any atom is 0.434 e. The first-order valence-corrected chi connectivity index (χ1v) is 4.68. The maximum atomic E-state index is 10.7. The second-order valence-electron chi connectivity index (χ2n) is 2.51. The van der Waals surface area contributed by atoms with Gasteiger partial charge < -0.3 is 9.52 Å². The van der Waals surface area contributed by atoms with Crippen molar-refractivity contribution in [2.24, 2.45) is 0 Å². The number of rotatable bonds is 2. The van der Waals surface area contributed by atoms with Gasteiger partial charge in [0.15, 0.2) is 0 Å². The molecule has 2 aromatic rings. The Morgan fingerprint density at radius 3 is 3.07 bits per heavy atom. The van der Waals surface area contributed by atoms with Crippen molar-refractivity contribution in [3.05, 3.63) is 22.0 Å². The first-order valence-electron chi connectivity index (χ1n) is 3.80. The molecule has 2 aromatic heterocycles. The monoisotopic (exact) mass is 227 g/mol. The van der Waals surface area contributed by atoms with Gasteiger partial charge >= 0.3 is 11.8 Å². The van der Waals surface area contributed by atoms with Crippen LogP contribution in [0.3, 0.4) is 0 Å². The van der Waals surface area contributed by atoms with E-state index in [0.29, 0.717) is 10.6 Å². The van der Waals surface area contributed by atoms with Crippen LogP contribution in [-0.4, -0.2) is 21.4 Å². The second-order valence-corrected chi connectivity index (χ2v) is 3.43. The molecule has 0 aliphatic carbocycles. The summed E-state index contributed by atoms with van der Waals surface area (Å²) in [6, 6.07) is 1.56. The minimum Gasteiger partial charge on any atom is -0.465 e. The zero-order valence-electron chi connectivity index (χ0n) is 7.18. The van der Waals surface area contributed by atoms with E-state index < -0.39 is 11.8 Å². The van der Waals surface area contributed by atoms with E-state index in [1.807, 2.05) is 0 Å². The lowest BCUT2D eigenvalue weighted by Gasteiger charge is -1.97. The fraction of sp³-hybridized carbons (Fsp3) is 0. The summed E-state index contributed by atoms with van der Waals surface area (Å²) in [6.45, 7) is 0. The van der Waals surface area contributed by atoms with Crippen molar-refractivity contribution in [3.8, 4) is 10.8 Å². The maximum absolute atomic E-state index is 10.7. The minimum atomic E-state index is -1.19. The summed E-state index contributed by atoms with van der Waals surface area (Å²) in [7, 11) is 0. The van der Waals surface area contributed by atoms with Gasteiger partial charge in [-0.1, -0.05) is 0 Å². The molecule has 0 saturated carbocycles. The highest BCUT2D eigenvalue weighted by molar-refractivity contribution is 7.14. The molecule has 15 heavy (non-hydrogen) atoms. The van der Waals surface area contributed by atoms with Crippen LogP contribution in [-0.2, 0) is 0 Å². The number of anilines is 1. The molecule has 2 rings (SSSR count). The van der Waals surface area contributed by atoms with E-state index in [9.17, 15) is 9.59 Å². The third-order valence-electron chi connectivity index (χ3n) is 1.54. The summed E-state index contributed by atoms with van der Waals surface area (Å²) >= 11 is 1.22. The van der Waals surface area contributed by atoms with Crippen LogP contribution >= 0.6 is 11.3 Å². The van der Waals surface area contributed by atoms with Gasteiger partial charge in [-0.2, -0.15) is 0 Å². The molecular formula is C7H5N3O4S. The van der Waals surface area contributed by atoms with Crippen molar-refractivity contribution in [2.45, 2.75) is 0 Å². The first-order chi connectivity index (χ1) is 7.16. The minimum absolute atomic E-state index is 0.0683. The van der Waals surface area contributed by atoms with Crippen molar-refractivity contribution in [1.29, 1.82) is 0 Å². The van der Waals surface area contributed by atoms with Gasteiger partial charge in [-0.25, -0.2) is 14.7 Å². The van der Waals surface area contributed by atoms with Gasteiger partial charge in [-0.05, 0) is 11.4 Å². The Bertz CT molecular complexity index is 540. The highest BCUT2D eigenvalue weighted by Gasteiger charge is 2.13. The third-order valence-corrected chi connectivity index (χ3v) is 2.44. The molecule has 0 spiro atoms. The number of thiophene rings is 1. The van der Waals surface area contributed by atoms with Crippen molar-refractivity contribution >= 4 is 23.1 Å². The zero-order valence-corrected chi connectivity index (χ0v) is 8.00. The fourth-order valence-corrected chi connectivity index (χ4v) is 1.79. The summed E-state index contributed by atoms with van der Waals surface area (Å²) < 4.78 is 4.71. The van der Waals surface area contributed by atoms with Gasteiger partial charge in [0, 0.05) is 0 Å². The number of carboxylic acid groups (broad SMARTS) is 1. The predicted molar refractivity (Wildman–Crippen MR) is 52.1 cm³/mol. The molecule has 0 saturated heterocycles. The topological polar surface area (TPSA) is 108 Å². The van der Waals surface area contributed by atoms with Crippen LogP contribution in [0.15, 0.2) is 20.7 Å². The van der Waals surface area contributed by atoms with Crippen LogP contribution in [0, 0.1) is 0 Å². The molecule has 1 amide bonds. The average Bonchev–Trinajstić information content (AvgIpc) is 2.72. The molecule has 0 bridgehead atoms. The molecule has 0 aliphatic heterocycles. The van der Waals surface area contributed by atoms with Crippen molar-refractivity contribution in [3.63, 3.8) is 0 Å². The Labute approximate surface area is 86.4 Å². The van der Waals surface area contributed by atoms with E-state index in [2.05, 4.69) is 15.5 Å². The summed E-state index contributed by atoms with van der Waals surface area (Å²) in [5, 5.41) is 18.1. The Morgan fingerprint density at radius 2 is 2.47 bits per heavy atom. The Morgan fingerprint density at radius 1 is 1.67 bits per heavy atom. The van der Waals surface area contributed by atoms with E-state index in [-0.39, 0.29) is 5.89 Å². The molecule has 0 unspecified atom stereocenters. The van der Waals surface area contributed by atoms with Crippen molar-refractivity contribution in [2.75, 3.05) is 5.32 Å². The van der Waals surface area contributed by atoms with Crippen LogP contribution in [0.25, 0.3) is 10.8 Å². The van der Waals surface area contributed by atoms with Crippen LogP contribution in [0.2, 0.25) is 0 Å². The van der Waals surface area contributed by atoms with Crippen LogP contribution in [0.4, 0.5) is 10.5 Å². The lowest BCUT2D eigenvalue weighted by atomic mass is 10.4. The summed E-state index contributed by atoms with van der Waals surface area (Å²) in [6.07, 6.45) is -1.19. The van der Waals surface area contributed by atoms with Gasteiger partial charge in [0.25, 0.3) is 5.89 Å².